The quantitative estimate of drug-likeness (QED) is 0.820. The Morgan fingerprint density at radius 2 is 2.31 bits per heavy atom. The van der Waals surface area contributed by atoms with Crippen molar-refractivity contribution in [3.8, 4) is 6.07 Å². The molecule has 1 aliphatic rings. The summed E-state index contributed by atoms with van der Waals surface area (Å²) in [6.07, 6.45) is 1.24. The summed E-state index contributed by atoms with van der Waals surface area (Å²) in [5, 5.41) is 12.4. The van der Waals surface area contributed by atoms with Crippen LogP contribution in [0.4, 0.5) is 5.82 Å². The monoisotopic (exact) mass is 235 g/mol. The third-order valence-electron chi connectivity index (χ3n) is 3.17. The second kappa shape index (κ2) is 3.95. The molecule has 1 unspecified atom stereocenters. The zero-order valence-corrected chi connectivity index (χ0v) is 10.2. The van der Waals surface area contributed by atoms with E-state index in [1.165, 1.54) is 6.42 Å². The van der Waals surface area contributed by atoms with Crippen molar-refractivity contribution in [3.05, 3.63) is 22.8 Å². The van der Waals surface area contributed by atoms with Gasteiger partial charge in [0.25, 0.3) is 0 Å². The Kier molecular flexibility index (Phi) is 2.77. The van der Waals surface area contributed by atoms with Crippen molar-refractivity contribution >= 4 is 17.4 Å². The van der Waals surface area contributed by atoms with Gasteiger partial charge in [-0.1, -0.05) is 25.4 Å². The number of anilines is 1. The first kappa shape index (κ1) is 11.2. The summed E-state index contributed by atoms with van der Waals surface area (Å²) < 4.78 is 0. The molecular weight excluding hydrogens is 222 g/mol. The molecule has 1 aromatic heterocycles. The van der Waals surface area contributed by atoms with Gasteiger partial charge in [0.1, 0.15) is 11.0 Å². The predicted molar refractivity (Wildman–Crippen MR) is 64.3 cm³/mol. The minimum absolute atomic E-state index is 0.358. The van der Waals surface area contributed by atoms with Crippen molar-refractivity contribution < 1.29 is 0 Å². The third-order valence-corrected chi connectivity index (χ3v) is 3.36. The molecule has 1 atom stereocenters. The van der Waals surface area contributed by atoms with E-state index in [0.717, 1.165) is 6.54 Å². The van der Waals surface area contributed by atoms with E-state index in [1.54, 1.807) is 12.1 Å². The molecule has 1 fully saturated rings. The highest BCUT2D eigenvalue weighted by Gasteiger charge is 2.44. The van der Waals surface area contributed by atoms with Gasteiger partial charge in [0, 0.05) is 6.54 Å². The number of nitrogens with one attached hydrogen (secondary N) is 1. The zero-order chi connectivity index (χ0) is 11.8. The summed E-state index contributed by atoms with van der Waals surface area (Å²) in [6, 6.07) is 5.35. The fraction of sp³-hybridized carbons (Fsp3) is 0.500. The minimum atomic E-state index is 0.358. The summed E-state index contributed by atoms with van der Waals surface area (Å²) in [4.78, 5) is 4.13. The minimum Gasteiger partial charge on any atom is -0.370 e. The maximum Gasteiger partial charge on any atom is 0.132 e. The molecule has 0 radical (unpaired) electrons. The van der Waals surface area contributed by atoms with Gasteiger partial charge in [0.15, 0.2) is 0 Å². The van der Waals surface area contributed by atoms with E-state index in [2.05, 4.69) is 30.2 Å². The van der Waals surface area contributed by atoms with Crippen molar-refractivity contribution in [3.63, 3.8) is 0 Å². The lowest BCUT2D eigenvalue weighted by molar-refractivity contribution is 0.573. The highest BCUT2D eigenvalue weighted by atomic mass is 35.5. The van der Waals surface area contributed by atoms with Crippen LogP contribution in [0.15, 0.2) is 12.1 Å². The fourth-order valence-electron chi connectivity index (χ4n) is 1.80. The highest BCUT2D eigenvalue weighted by Crippen LogP contribution is 2.51. The molecule has 0 aromatic carbocycles. The van der Waals surface area contributed by atoms with Gasteiger partial charge in [-0.2, -0.15) is 5.26 Å². The van der Waals surface area contributed by atoms with Gasteiger partial charge >= 0.3 is 0 Å². The standard InChI is InChI=1S/C12H14ClN3/c1-12(2)5-9(12)7-15-11-4-8(6-14)3-10(13)16-11/h3-4,9H,5,7H2,1-2H3,(H,15,16). The lowest BCUT2D eigenvalue weighted by Crippen LogP contribution is -2.08. The summed E-state index contributed by atoms with van der Waals surface area (Å²) >= 11 is 5.81. The van der Waals surface area contributed by atoms with Crippen molar-refractivity contribution in [2.24, 2.45) is 11.3 Å². The second-order valence-corrected chi connectivity index (χ2v) is 5.33. The number of hydrogen-bond donors (Lipinski definition) is 1. The molecule has 0 bridgehead atoms. The van der Waals surface area contributed by atoms with Crippen LogP contribution in [-0.2, 0) is 0 Å². The van der Waals surface area contributed by atoms with Crippen LogP contribution in [0.2, 0.25) is 5.15 Å². The molecule has 0 amide bonds. The van der Waals surface area contributed by atoms with Gasteiger partial charge in [-0.3, -0.25) is 0 Å². The Hall–Kier alpha value is -1.27. The first-order chi connectivity index (χ1) is 7.51. The van der Waals surface area contributed by atoms with Crippen LogP contribution in [0.3, 0.4) is 0 Å². The number of nitrogens with zero attached hydrogens (tertiary/aromatic N) is 2. The highest BCUT2D eigenvalue weighted by molar-refractivity contribution is 6.29. The van der Waals surface area contributed by atoms with Gasteiger partial charge < -0.3 is 5.32 Å². The van der Waals surface area contributed by atoms with Crippen LogP contribution in [0.5, 0.6) is 0 Å². The van der Waals surface area contributed by atoms with E-state index in [9.17, 15) is 0 Å². The Bertz CT molecular complexity index is 448. The number of aromatic nitrogens is 1. The molecule has 0 aliphatic heterocycles. The Balaban J connectivity index is 2.00. The van der Waals surface area contributed by atoms with Gasteiger partial charge in [-0.15, -0.1) is 0 Å². The van der Waals surface area contributed by atoms with E-state index in [4.69, 9.17) is 16.9 Å². The Morgan fingerprint density at radius 3 is 2.88 bits per heavy atom. The summed E-state index contributed by atoms with van der Waals surface area (Å²) in [6.45, 7) is 5.40. The van der Waals surface area contributed by atoms with Crippen LogP contribution >= 0.6 is 11.6 Å². The molecule has 2 rings (SSSR count). The molecule has 1 aliphatic carbocycles. The van der Waals surface area contributed by atoms with Crippen molar-refractivity contribution in [1.29, 1.82) is 5.26 Å². The van der Waals surface area contributed by atoms with Crippen molar-refractivity contribution in [2.75, 3.05) is 11.9 Å². The predicted octanol–water partition coefficient (Wildman–Crippen LogP) is 3.06. The maximum absolute atomic E-state index is 8.80. The summed E-state index contributed by atoms with van der Waals surface area (Å²) in [5.41, 5.74) is 0.987. The molecular formula is C12H14ClN3. The van der Waals surface area contributed by atoms with Gasteiger partial charge in [0.2, 0.25) is 0 Å². The van der Waals surface area contributed by atoms with E-state index in [1.807, 2.05) is 0 Å². The van der Waals surface area contributed by atoms with Gasteiger partial charge in [0.05, 0.1) is 11.6 Å². The normalized spacial score (nSPS) is 21.2. The lowest BCUT2D eigenvalue weighted by Gasteiger charge is -2.07. The summed E-state index contributed by atoms with van der Waals surface area (Å²) in [5.74, 6) is 1.38. The molecule has 1 N–H and O–H groups in total. The van der Waals surface area contributed by atoms with Gasteiger partial charge in [-0.25, -0.2) is 4.98 Å². The molecule has 84 valence electrons. The third kappa shape index (κ3) is 2.45. The fourth-order valence-corrected chi connectivity index (χ4v) is 2.01. The Labute approximate surface area is 100 Å². The number of pyridine rings is 1. The molecule has 3 nitrogen and oxygen atoms in total. The van der Waals surface area contributed by atoms with E-state index in [-0.39, 0.29) is 0 Å². The van der Waals surface area contributed by atoms with Crippen molar-refractivity contribution in [2.45, 2.75) is 20.3 Å². The number of rotatable bonds is 3. The molecule has 1 saturated carbocycles. The smallest absolute Gasteiger partial charge is 0.132 e. The molecule has 16 heavy (non-hydrogen) atoms. The average Bonchev–Trinajstić information content (AvgIpc) is 2.83. The lowest BCUT2D eigenvalue weighted by atomic mass is 10.1. The topological polar surface area (TPSA) is 48.7 Å². The molecule has 1 aromatic rings. The largest absolute Gasteiger partial charge is 0.370 e. The molecule has 4 heteroatoms. The van der Waals surface area contributed by atoms with Gasteiger partial charge in [-0.05, 0) is 29.9 Å². The van der Waals surface area contributed by atoms with E-state index < -0.39 is 0 Å². The zero-order valence-electron chi connectivity index (χ0n) is 9.42. The molecule has 0 spiro atoms. The van der Waals surface area contributed by atoms with E-state index >= 15 is 0 Å². The average molecular weight is 236 g/mol. The number of halogens is 1. The van der Waals surface area contributed by atoms with Crippen LogP contribution < -0.4 is 5.32 Å². The summed E-state index contributed by atoms with van der Waals surface area (Å²) in [7, 11) is 0. The van der Waals surface area contributed by atoms with Crippen LogP contribution in [0.1, 0.15) is 25.8 Å². The van der Waals surface area contributed by atoms with Crippen LogP contribution in [0.25, 0.3) is 0 Å². The number of hydrogen-bond acceptors (Lipinski definition) is 3. The van der Waals surface area contributed by atoms with Crippen molar-refractivity contribution in [1.82, 2.24) is 4.98 Å². The maximum atomic E-state index is 8.80. The molecule has 0 saturated heterocycles. The Morgan fingerprint density at radius 1 is 1.62 bits per heavy atom. The van der Waals surface area contributed by atoms with Crippen LogP contribution in [0, 0.1) is 22.7 Å². The SMILES string of the molecule is CC1(C)CC1CNc1cc(C#N)cc(Cl)n1. The first-order valence-corrected chi connectivity index (χ1v) is 5.70. The van der Waals surface area contributed by atoms with E-state index in [0.29, 0.717) is 27.9 Å². The van der Waals surface area contributed by atoms with Crippen LogP contribution in [-0.4, -0.2) is 11.5 Å². The first-order valence-electron chi connectivity index (χ1n) is 5.33. The number of nitriles is 1. The molecule has 1 heterocycles. The second-order valence-electron chi connectivity index (χ2n) is 4.95.